The van der Waals surface area contributed by atoms with Crippen LogP contribution in [0, 0.1) is 0 Å². The zero-order chi connectivity index (χ0) is 17.1. The summed E-state index contributed by atoms with van der Waals surface area (Å²) in [5.74, 6) is 1.61. The third-order valence-corrected chi connectivity index (χ3v) is 4.79. The SMILES string of the molecule is Clc1ccc(Oc2cccc(CNc3ccc4c(c3)CCC4)c2)cc1. The van der Waals surface area contributed by atoms with Crippen molar-refractivity contribution < 1.29 is 4.74 Å². The van der Waals surface area contributed by atoms with E-state index in [1.54, 1.807) is 0 Å². The summed E-state index contributed by atoms with van der Waals surface area (Å²) in [5, 5.41) is 4.22. The summed E-state index contributed by atoms with van der Waals surface area (Å²) in [6.07, 6.45) is 3.71. The van der Waals surface area contributed by atoms with Gasteiger partial charge in [-0.15, -0.1) is 0 Å². The molecule has 0 unspecified atom stereocenters. The fourth-order valence-electron chi connectivity index (χ4n) is 3.24. The molecular weight excluding hydrogens is 330 g/mol. The normalized spacial score (nSPS) is 12.7. The van der Waals surface area contributed by atoms with Gasteiger partial charge in [-0.05, 0) is 84.5 Å². The van der Waals surface area contributed by atoms with Gasteiger partial charge in [0.1, 0.15) is 11.5 Å². The molecule has 0 saturated carbocycles. The topological polar surface area (TPSA) is 21.3 Å². The van der Waals surface area contributed by atoms with Gasteiger partial charge in [0.25, 0.3) is 0 Å². The first-order valence-electron chi connectivity index (χ1n) is 8.64. The summed E-state index contributed by atoms with van der Waals surface area (Å²) in [5.41, 5.74) is 5.37. The maximum atomic E-state index is 5.91. The van der Waals surface area contributed by atoms with Crippen molar-refractivity contribution in [3.63, 3.8) is 0 Å². The lowest BCUT2D eigenvalue weighted by molar-refractivity contribution is 0.482. The van der Waals surface area contributed by atoms with Gasteiger partial charge in [-0.1, -0.05) is 29.8 Å². The number of benzene rings is 3. The van der Waals surface area contributed by atoms with E-state index in [1.807, 2.05) is 36.4 Å². The van der Waals surface area contributed by atoms with Crippen LogP contribution in [-0.4, -0.2) is 0 Å². The molecule has 2 nitrogen and oxygen atoms in total. The summed E-state index contributed by atoms with van der Waals surface area (Å²) in [6, 6.07) is 22.3. The molecule has 3 aromatic rings. The van der Waals surface area contributed by atoms with Crippen molar-refractivity contribution in [3.05, 3.63) is 88.4 Å². The Bertz CT molecular complexity index is 873. The summed E-state index contributed by atoms with van der Waals surface area (Å²) in [4.78, 5) is 0. The Hall–Kier alpha value is -2.45. The highest BCUT2D eigenvalue weighted by molar-refractivity contribution is 6.30. The Morgan fingerprint density at radius 2 is 1.68 bits per heavy atom. The van der Waals surface area contributed by atoms with Crippen molar-refractivity contribution in [1.29, 1.82) is 0 Å². The highest BCUT2D eigenvalue weighted by Gasteiger charge is 2.10. The second kappa shape index (κ2) is 7.20. The van der Waals surface area contributed by atoms with Gasteiger partial charge in [-0.25, -0.2) is 0 Å². The molecular formula is C22H20ClNO. The molecule has 3 aromatic carbocycles. The van der Waals surface area contributed by atoms with Crippen molar-refractivity contribution in [2.24, 2.45) is 0 Å². The summed E-state index contributed by atoms with van der Waals surface area (Å²) >= 11 is 5.91. The Kier molecular flexibility index (Phi) is 4.62. The lowest BCUT2D eigenvalue weighted by atomic mass is 10.1. The minimum absolute atomic E-state index is 0.708. The van der Waals surface area contributed by atoms with Crippen LogP contribution in [0.3, 0.4) is 0 Å². The molecule has 0 aromatic heterocycles. The first-order valence-corrected chi connectivity index (χ1v) is 9.02. The zero-order valence-electron chi connectivity index (χ0n) is 14.0. The van der Waals surface area contributed by atoms with Crippen LogP contribution in [0.2, 0.25) is 5.02 Å². The fourth-order valence-corrected chi connectivity index (χ4v) is 3.37. The Morgan fingerprint density at radius 1 is 0.840 bits per heavy atom. The van der Waals surface area contributed by atoms with Crippen molar-refractivity contribution in [1.82, 2.24) is 0 Å². The van der Waals surface area contributed by atoms with E-state index in [1.165, 1.54) is 41.6 Å². The predicted octanol–water partition coefficient (Wildman–Crippen LogP) is 6.23. The summed E-state index contributed by atoms with van der Waals surface area (Å²) in [7, 11) is 0. The quantitative estimate of drug-likeness (QED) is 0.589. The molecule has 1 N–H and O–H groups in total. The molecule has 4 rings (SSSR count). The van der Waals surface area contributed by atoms with E-state index in [0.29, 0.717) is 5.02 Å². The first kappa shape index (κ1) is 16.0. The molecule has 1 aliphatic carbocycles. The van der Waals surface area contributed by atoms with Gasteiger partial charge in [0.2, 0.25) is 0 Å². The van der Waals surface area contributed by atoms with Gasteiger partial charge in [0.15, 0.2) is 0 Å². The molecule has 0 heterocycles. The number of hydrogen-bond donors (Lipinski definition) is 1. The molecule has 0 radical (unpaired) electrons. The maximum Gasteiger partial charge on any atom is 0.127 e. The molecule has 0 saturated heterocycles. The minimum atomic E-state index is 0.708. The second-order valence-electron chi connectivity index (χ2n) is 6.39. The van der Waals surface area contributed by atoms with Crippen molar-refractivity contribution in [2.75, 3.05) is 5.32 Å². The summed E-state index contributed by atoms with van der Waals surface area (Å²) < 4.78 is 5.90. The van der Waals surface area contributed by atoms with Gasteiger partial charge in [0.05, 0.1) is 0 Å². The van der Waals surface area contributed by atoms with Gasteiger partial charge in [-0.3, -0.25) is 0 Å². The van der Waals surface area contributed by atoms with Gasteiger partial charge >= 0.3 is 0 Å². The van der Waals surface area contributed by atoms with Crippen LogP contribution in [0.4, 0.5) is 5.69 Å². The van der Waals surface area contributed by atoms with Crippen LogP contribution in [0.25, 0.3) is 0 Å². The van der Waals surface area contributed by atoms with Crippen LogP contribution in [0.15, 0.2) is 66.7 Å². The van der Waals surface area contributed by atoms with Crippen molar-refractivity contribution >= 4 is 17.3 Å². The smallest absolute Gasteiger partial charge is 0.127 e. The lowest BCUT2D eigenvalue weighted by Crippen LogP contribution is -2.00. The molecule has 25 heavy (non-hydrogen) atoms. The van der Waals surface area contributed by atoms with E-state index >= 15 is 0 Å². The number of nitrogens with one attached hydrogen (secondary N) is 1. The molecule has 0 fully saturated rings. The molecule has 0 atom stereocenters. The Balaban J connectivity index is 1.42. The number of ether oxygens (including phenoxy) is 1. The highest BCUT2D eigenvalue weighted by Crippen LogP contribution is 2.26. The number of halogens is 1. The van der Waals surface area contributed by atoms with E-state index in [2.05, 4.69) is 35.6 Å². The van der Waals surface area contributed by atoms with Crippen LogP contribution < -0.4 is 10.1 Å². The van der Waals surface area contributed by atoms with E-state index in [9.17, 15) is 0 Å². The van der Waals surface area contributed by atoms with E-state index in [0.717, 1.165) is 18.0 Å². The van der Waals surface area contributed by atoms with Crippen LogP contribution in [0.5, 0.6) is 11.5 Å². The van der Waals surface area contributed by atoms with Gasteiger partial charge in [-0.2, -0.15) is 0 Å². The van der Waals surface area contributed by atoms with Crippen LogP contribution >= 0.6 is 11.6 Å². The number of rotatable bonds is 5. The molecule has 0 amide bonds. The van der Waals surface area contributed by atoms with Crippen LogP contribution in [0.1, 0.15) is 23.1 Å². The number of fused-ring (bicyclic) bond motifs is 1. The standard InChI is InChI=1S/C22H20ClNO/c23-19-8-11-21(12-9-19)25-22-6-1-3-16(13-22)15-24-20-10-7-17-4-2-5-18(17)14-20/h1,3,6-14,24H,2,4-5,15H2. The third-order valence-electron chi connectivity index (χ3n) is 4.54. The molecule has 1 aliphatic rings. The fraction of sp³-hybridized carbons (Fsp3) is 0.182. The number of aryl methyl sites for hydroxylation is 2. The second-order valence-corrected chi connectivity index (χ2v) is 6.83. The molecule has 0 spiro atoms. The maximum absolute atomic E-state index is 5.91. The monoisotopic (exact) mass is 349 g/mol. The highest BCUT2D eigenvalue weighted by atomic mass is 35.5. The zero-order valence-corrected chi connectivity index (χ0v) is 14.7. The average Bonchev–Trinajstić information content (AvgIpc) is 3.10. The lowest BCUT2D eigenvalue weighted by Gasteiger charge is -2.11. The van der Waals surface area contributed by atoms with E-state index in [-0.39, 0.29) is 0 Å². The van der Waals surface area contributed by atoms with Crippen molar-refractivity contribution in [2.45, 2.75) is 25.8 Å². The Labute approximate surface area is 153 Å². The average molecular weight is 350 g/mol. The minimum Gasteiger partial charge on any atom is -0.457 e. The van der Waals surface area contributed by atoms with Crippen molar-refractivity contribution in [3.8, 4) is 11.5 Å². The number of hydrogen-bond acceptors (Lipinski definition) is 2. The summed E-state index contributed by atoms with van der Waals surface area (Å²) in [6.45, 7) is 0.774. The van der Waals surface area contributed by atoms with Gasteiger partial charge < -0.3 is 10.1 Å². The Morgan fingerprint density at radius 3 is 2.56 bits per heavy atom. The largest absolute Gasteiger partial charge is 0.457 e. The third kappa shape index (κ3) is 3.97. The molecule has 0 bridgehead atoms. The van der Waals surface area contributed by atoms with Gasteiger partial charge in [0, 0.05) is 17.3 Å². The van der Waals surface area contributed by atoms with E-state index < -0.39 is 0 Å². The van der Waals surface area contributed by atoms with Crippen LogP contribution in [-0.2, 0) is 19.4 Å². The molecule has 3 heteroatoms. The molecule has 0 aliphatic heterocycles. The predicted molar refractivity (Wildman–Crippen MR) is 104 cm³/mol. The van der Waals surface area contributed by atoms with E-state index in [4.69, 9.17) is 16.3 Å². The first-order chi connectivity index (χ1) is 12.3. The number of anilines is 1. The molecule has 126 valence electrons.